The van der Waals surface area contributed by atoms with Gasteiger partial charge in [-0.05, 0) is 37.1 Å². The Balaban J connectivity index is 1.86. The minimum atomic E-state index is -0.656. The van der Waals surface area contributed by atoms with Crippen LogP contribution in [0.4, 0.5) is 0 Å². The number of nitrogens with zero attached hydrogens (tertiary/aromatic N) is 1. The molecule has 2 amide bonds. The lowest BCUT2D eigenvalue weighted by Gasteiger charge is -2.31. The highest BCUT2D eigenvalue weighted by Gasteiger charge is 2.30. The molecule has 3 aromatic rings. The average Bonchev–Trinajstić information content (AvgIpc) is 2.81. The van der Waals surface area contributed by atoms with E-state index in [0.717, 1.165) is 22.3 Å². The molecule has 0 aliphatic heterocycles. The summed E-state index contributed by atoms with van der Waals surface area (Å²) in [6.45, 7) is 4.19. The van der Waals surface area contributed by atoms with Crippen LogP contribution >= 0.6 is 0 Å². The van der Waals surface area contributed by atoms with Crippen LogP contribution in [0.2, 0.25) is 0 Å². The Bertz CT molecular complexity index is 1030. The maximum atomic E-state index is 13.3. The van der Waals surface area contributed by atoms with E-state index in [4.69, 9.17) is 4.74 Å². The van der Waals surface area contributed by atoms with E-state index in [1.807, 2.05) is 92.7 Å². The van der Waals surface area contributed by atoms with Gasteiger partial charge < -0.3 is 15.0 Å². The number of carbonyl (C=O) groups is 2. The van der Waals surface area contributed by atoms with Gasteiger partial charge >= 0.3 is 0 Å². The molecular weight excluding hydrogens is 400 g/mol. The van der Waals surface area contributed by atoms with Crippen molar-refractivity contribution in [3.05, 3.63) is 101 Å². The summed E-state index contributed by atoms with van der Waals surface area (Å²) in [4.78, 5) is 27.9. The van der Waals surface area contributed by atoms with Gasteiger partial charge in [0, 0.05) is 20.0 Å². The molecule has 3 rings (SSSR count). The number of carbonyl (C=O) groups excluding carboxylic acids is 2. The van der Waals surface area contributed by atoms with Gasteiger partial charge in [-0.15, -0.1) is 0 Å². The Morgan fingerprint density at radius 1 is 0.875 bits per heavy atom. The summed E-state index contributed by atoms with van der Waals surface area (Å²) in [5.41, 5.74) is 4.18. The molecule has 3 aromatic carbocycles. The molecule has 0 saturated carbocycles. The normalized spacial score (nSPS) is 11.5. The molecule has 32 heavy (non-hydrogen) atoms. The molecule has 0 aromatic heterocycles. The van der Waals surface area contributed by atoms with Gasteiger partial charge in [0.1, 0.15) is 11.8 Å². The van der Waals surface area contributed by atoms with Crippen molar-refractivity contribution in [2.75, 3.05) is 13.7 Å². The van der Waals surface area contributed by atoms with E-state index in [0.29, 0.717) is 18.7 Å². The van der Waals surface area contributed by atoms with Crippen molar-refractivity contribution >= 4 is 11.8 Å². The molecular formula is C27H30N2O3. The van der Waals surface area contributed by atoms with Crippen molar-refractivity contribution in [1.29, 1.82) is 0 Å². The van der Waals surface area contributed by atoms with Gasteiger partial charge in [-0.1, -0.05) is 77.9 Å². The smallest absolute Gasteiger partial charge is 0.261 e. The number of ether oxygens (including phenoxy) is 1. The van der Waals surface area contributed by atoms with Crippen LogP contribution in [-0.2, 0) is 22.6 Å². The monoisotopic (exact) mass is 430 g/mol. The van der Waals surface area contributed by atoms with Gasteiger partial charge in [-0.3, -0.25) is 9.59 Å². The number of nitrogens with one attached hydrogen (secondary N) is 1. The summed E-state index contributed by atoms with van der Waals surface area (Å²) in [5, 5.41) is 2.72. The number of benzene rings is 3. The standard InChI is InChI=1S/C27H30N2O3/c1-20-12-14-24(15-13-20)32-19-26(30)29(18-23-11-7-8-21(2)16-23)25(27(31)28-3)17-22-9-5-4-6-10-22/h4-16,25H,17-19H2,1-3H3,(H,28,31)/t25-/m0/s1. The van der Waals surface area contributed by atoms with Crippen molar-refractivity contribution in [3.8, 4) is 5.75 Å². The maximum absolute atomic E-state index is 13.3. The molecule has 0 bridgehead atoms. The molecule has 1 N–H and O–H groups in total. The fraction of sp³-hybridized carbons (Fsp3) is 0.259. The van der Waals surface area contributed by atoms with Crippen LogP contribution in [0.25, 0.3) is 0 Å². The second kappa shape index (κ2) is 11.1. The van der Waals surface area contributed by atoms with Gasteiger partial charge in [-0.2, -0.15) is 0 Å². The van der Waals surface area contributed by atoms with Crippen LogP contribution in [0.5, 0.6) is 5.75 Å². The van der Waals surface area contributed by atoms with Gasteiger partial charge in [0.25, 0.3) is 5.91 Å². The largest absolute Gasteiger partial charge is 0.484 e. The van der Waals surface area contributed by atoms with E-state index >= 15 is 0 Å². The topological polar surface area (TPSA) is 58.6 Å². The molecule has 0 fully saturated rings. The first-order valence-corrected chi connectivity index (χ1v) is 10.8. The summed E-state index contributed by atoms with van der Waals surface area (Å²) in [5.74, 6) is 0.181. The van der Waals surface area contributed by atoms with Crippen LogP contribution < -0.4 is 10.1 Å². The van der Waals surface area contributed by atoms with Crippen LogP contribution in [-0.4, -0.2) is 36.4 Å². The molecule has 5 heteroatoms. The lowest BCUT2D eigenvalue weighted by molar-refractivity contribution is -0.142. The number of aryl methyl sites for hydroxylation is 2. The third kappa shape index (κ3) is 6.45. The zero-order chi connectivity index (χ0) is 22.9. The van der Waals surface area contributed by atoms with Crippen molar-refractivity contribution in [2.45, 2.75) is 32.9 Å². The minimum absolute atomic E-state index is 0.142. The van der Waals surface area contributed by atoms with Gasteiger partial charge in [0.05, 0.1) is 0 Å². The zero-order valence-corrected chi connectivity index (χ0v) is 18.9. The Kier molecular flexibility index (Phi) is 8.03. The Hall–Kier alpha value is -3.60. The molecule has 0 saturated heterocycles. The van der Waals surface area contributed by atoms with Crippen molar-refractivity contribution < 1.29 is 14.3 Å². The van der Waals surface area contributed by atoms with Crippen molar-refractivity contribution in [2.24, 2.45) is 0 Å². The fourth-order valence-corrected chi connectivity index (χ4v) is 3.59. The Morgan fingerprint density at radius 2 is 1.56 bits per heavy atom. The molecule has 0 spiro atoms. The first-order valence-electron chi connectivity index (χ1n) is 10.8. The third-order valence-corrected chi connectivity index (χ3v) is 5.34. The first kappa shape index (κ1) is 23.1. The molecule has 5 nitrogen and oxygen atoms in total. The molecule has 0 heterocycles. The van der Waals surface area contributed by atoms with E-state index in [1.165, 1.54) is 0 Å². The van der Waals surface area contributed by atoms with E-state index < -0.39 is 6.04 Å². The van der Waals surface area contributed by atoms with Crippen molar-refractivity contribution in [1.82, 2.24) is 10.2 Å². The highest BCUT2D eigenvalue weighted by atomic mass is 16.5. The highest BCUT2D eigenvalue weighted by Crippen LogP contribution is 2.17. The number of amides is 2. The number of hydrogen-bond donors (Lipinski definition) is 1. The predicted octanol–water partition coefficient (Wildman–Crippen LogP) is 4.07. The first-order chi connectivity index (χ1) is 15.5. The van der Waals surface area contributed by atoms with Crippen LogP contribution in [0.3, 0.4) is 0 Å². The molecule has 0 aliphatic rings. The van der Waals surface area contributed by atoms with Crippen LogP contribution in [0.1, 0.15) is 22.3 Å². The summed E-state index contributed by atoms with van der Waals surface area (Å²) >= 11 is 0. The van der Waals surface area contributed by atoms with Gasteiger partial charge in [-0.25, -0.2) is 0 Å². The summed E-state index contributed by atoms with van der Waals surface area (Å²) in [6, 6.07) is 24.6. The second-order valence-corrected chi connectivity index (χ2v) is 7.93. The van der Waals surface area contributed by atoms with Crippen molar-refractivity contribution in [3.63, 3.8) is 0 Å². The van der Waals surface area contributed by atoms with Crippen LogP contribution in [0, 0.1) is 13.8 Å². The lowest BCUT2D eigenvalue weighted by atomic mass is 10.0. The van der Waals surface area contributed by atoms with E-state index in [-0.39, 0.29) is 18.4 Å². The molecule has 0 aliphatic carbocycles. The van der Waals surface area contributed by atoms with Crippen LogP contribution in [0.15, 0.2) is 78.9 Å². The summed E-state index contributed by atoms with van der Waals surface area (Å²) < 4.78 is 5.76. The molecule has 0 unspecified atom stereocenters. The average molecular weight is 431 g/mol. The highest BCUT2D eigenvalue weighted by molar-refractivity contribution is 5.88. The fourth-order valence-electron chi connectivity index (χ4n) is 3.59. The summed E-state index contributed by atoms with van der Waals surface area (Å²) in [7, 11) is 1.60. The summed E-state index contributed by atoms with van der Waals surface area (Å²) in [6.07, 6.45) is 0.419. The molecule has 166 valence electrons. The quantitative estimate of drug-likeness (QED) is 0.557. The Labute approximate surface area is 190 Å². The van der Waals surface area contributed by atoms with E-state index in [2.05, 4.69) is 5.32 Å². The zero-order valence-electron chi connectivity index (χ0n) is 18.9. The Morgan fingerprint density at radius 3 is 2.22 bits per heavy atom. The molecule has 0 radical (unpaired) electrons. The number of hydrogen-bond acceptors (Lipinski definition) is 3. The minimum Gasteiger partial charge on any atom is -0.484 e. The molecule has 1 atom stereocenters. The van der Waals surface area contributed by atoms with E-state index in [9.17, 15) is 9.59 Å². The SMILES string of the molecule is CNC(=O)[C@H](Cc1ccccc1)N(Cc1cccc(C)c1)C(=O)COc1ccc(C)cc1. The maximum Gasteiger partial charge on any atom is 0.261 e. The number of likely N-dealkylation sites (N-methyl/N-ethyl adjacent to an activating group) is 1. The van der Waals surface area contributed by atoms with Gasteiger partial charge in [0.15, 0.2) is 6.61 Å². The predicted molar refractivity (Wildman–Crippen MR) is 126 cm³/mol. The van der Waals surface area contributed by atoms with E-state index in [1.54, 1.807) is 11.9 Å². The second-order valence-electron chi connectivity index (χ2n) is 7.93. The van der Waals surface area contributed by atoms with Gasteiger partial charge in [0.2, 0.25) is 5.91 Å². The number of rotatable bonds is 9. The third-order valence-electron chi connectivity index (χ3n) is 5.34. The lowest BCUT2D eigenvalue weighted by Crippen LogP contribution is -2.51.